The highest BCUT2D eigenvalue weighted by molar-refractivity contribution is 9.11. The zero-order chi connectivity index (χ0) is 16.3. The number of nitrogens with one attached hydrogen (secondary N) is 1. The smallest absolute Gasteiger partial charge is 0.250 e. The average molecular weight is 418 g/mol. The number of nitrogens with zero attached hydrogens (tertiary/aromatic N) is 2. The molecule has 1 saturated heterocycles. The van der Waals surface area contributed by atoms with E-state index in [1.54, 1.807) is 18.3 Å². The molecule has 9 heteroatoms. The number of hydrogen-bond acceptors (Lipinski definition) is 6. The summed E-state index contributed by atoms with van der Waals surface area (Å²) in [6, 6.07) is 7.02. The summed E-state index contributed by atoms with van der Waals surface area (Å²) in [7, 11) is -3.52. The number of morpholine rings is 1. The molecule has 0 unspecified atom stereocenters. The normalized spacial score (nSPS) is 15.8. The predicted molar refractivity (Wildman–Crippen MR) is 93.3 cm³/mol. The van der Waals surface area contributed by atoms with Gasteiger partial charge in [0.05, 0.1) is 17.0 Å². The molecule has 2 aromatic heterocycles. The second-order valence-electron chi connectivity index (χ2n) is 4.97. The molecular weight excluding hydrogens is 402 g/mol. The number of ether oxygens (including phenoxy) is 1. The first-order valence-corrected chi connectivity index (χ1v) is 10.2. The molecule has 1 aliphatic heterocycles. The molecule has 3 heterocycles. The first-order chi connectivity index (χ1) is 11.1. The quantitative estimate of drug-likeness (QED) is 0.807. The summed E-state index contributed by atoms with van der Waals surface area (Å²) in [6.45, 7) is 3.04. The zero-order valence-corrected chi connectivity index (χ0v) is 15.5. The lowest BCUT2D eigenvalue weighted by molar-refractivity contribution is 0.122. The summed E-state index contributed by atoms with van der Waals surface area (Å²) >= 11 is 4.47. The Morgan fingerprint density at radius 1 is 1.30 bits per heavy atom. The van der Waals surface area contributed by atoms with Crippen molar-refractivity contribution in [3.63, 3.8) is 0 Å². The SMILES string of the molecule is O=S(=O)(NCc1cccnc1N1CCOCC1)c1ccc(Br)s1. The van der Waals surface area contributed by atoms with Crippen LogP contribution in [0.1, 0.15) is 5.56 Å². The number of rotatable bonds is 5. The van der Waals surface area contributed by atoms with Crippen molar-refractivity contribution in [2.75, 3.05) is 31.2 Å². The first-order valence-electron chi connectivity index (χ1n) is 7.08. The Bertz CT molecular complexity index is 773. The van der Waals surface area contributed by atoms with Crippen molar-refractivity contribution in [3.05, 3.63) is 39.8 Å². The number of halogens is 1. The second kappa shape index (κ2) is 7.27. The lowest BCUT2D eigenvalue weighted by Gasteiger charge is -2.29. The van der Waals surface area contributed by atoms with Gasteiger partial charge in [-0.05, 0) is 34.1 Å². The fourth-order valence-electron chi connectivity index (χ4n) is 2.31. The molecule has 0 spiro atoms. The first kappa shape index (κ1) is 16.8. The van der Waals surface area contributed by atoms with E-state index in [4.69, 9.17) is 4.74 Å². The molecule has 1 N–H and O–H groups in total. The third-order valence-corrected chi connectivity index (χ3v) is 6.96. The van der Waals surface area contributed by atoms with Gasteiger partial charge in [0.2, 0.25) is 10.0 Å². The van der Waals surface area contributed by atoms with E-state index in [2.05, 4.69) is 30.5 Å². The van der Waals surface area contributed by atoms with Gasteiger partial charge in [-0.1, -0.05) is 6.07 Å². The van der Waals surface area contributed by atoms with Crippen molar-refractivity contribution in [3.8, 4) is 0 Å². The Morgan fingerprint density at radius 2 is 2.09 bits per heavy atom. The van der Waals surface area contributed by atoms with Crippen molar-refractivity contribution < 1.29 is 13.2 Å². The van der Waals surface area contributed by atoms with Crippen LogP contribution in [0.5, 0.6) is 0 Å². The van der Waals surface area contributed by atoms with Crippen LogP contribution in [0.4, 0.5) is 5.82 Å². The summed E-state index contributed by atoms with van der Waals surface area (Å²) in [5, 5.41) is 0. The highest BCUT2D eigenvalue weighted by Gasteiger charge is 2.19. The van der Waals surface area contributed by atoms with Crippen LogP contribution in [0, 0.1) is 0 Å². The van der Waals surface area contributed by atoms with Crippen LogP contribution in [0.3, 0.4) is 0 Å². The van der Waals surface area contributed by atoms with E-state index < -0.39 is 10.0 Å². The van der Waals surface area contributed by atoms with Gasteiger partial charge in [0, 0.05) is 31.4 Å². The summed E-state index contributed by atoms with van der Waals surface area (Å²) < 4.78 is 33.7. The van der Waals surface area contributed by atoms with Gasteiger partial charge in [0.15, 0.2) is 0 Å². The topological polar surface area (TPSA) is 71.5 Å². The molecule has 6 nitrogen and oxygen atoms in total. The summed E-state index contributed by atoms with van der Waals surface area (Å²) in [5.74, 6) is 0.811. The molecule has 0 saturated carbocycles. The van der Waals surface area contributed by atoms with Crippen molar-refractivity contribution in [2.45, 2.75) is 10.8 Å². The standard InChI is InChI=1S/C14H16BrN3O3S2/c15-12-3-4-13(22-12)23(19,20)17-10-11-2-1-5-16-14(11)18-6-8-21-9-7-18/h1-5,17H,6-10H2. The number of sulfonamides is 1. The van der Waals surface area contributed by atoms with Gasteiger partial charge in [0.25, 0.3) is 0 Å². The molecule has 0 aromatic carbocycles. The molecule has 0 bridgehead atoms. The Morgan fingerprint density at radius 3 is 2.78 bits per heavy atom. The van der Waals surface area contributed by atoms with Crippen molar-refractivity contribution >= 4 is 43.1 Å². The molecule has 2 aromatic rings. The van der Waals surface area contributed by atoms with Gasteiger partial charge in [-0.2, -0.15) is 0 Å². The highest BCUT2D eigenvalue weighted by Crippen LogP contribution is 2.26. The van der Waals surface area contributed by atoms with E-state index in [1.807, 2.05) is 12.1 Å². The predicted octanol–water partition coefficient (Wildman–Crippen LogP) is 2.22. The maximum absolute atomic E-state index is 12.3. The van der Waals surface area contributed by atoms with Gasteiger partial charge in [-0.25, -0.2) is 18.1 Å². The molecule has 23 heavy (non-hydrogen) atoms. The summed E-state index contributed by atoms with van der Waals surface area (Å²) in [5.41, 5.74) is 0.855. The molecule has 3 rings (SSSR count). The Labute approximate surface area is 147 Å². The van der Waals surface area contributed by atoms with Crippen LogP contribution in [-0.4, -0.2) is 39.7 Å². The lowest BCUT2D eigenvalue weighted by atomic mass is 10.2. The van der Waals surface area contributed by atoms with E-state index in [9.17, 15) is 8.42 Å². The number of pyridine rings is 1. The number of aromatic nitrogens is 1. The monoisotopic (exact) mass is 417 g/mol. The number of thiophene rings is 1. The molecule has 0 radical (unpaired) electrons. The molecule has 0 amide bonds. The molecule has 124 valence electrons. The van der Waals surface area contributed by atoms with Gasteiger partial charge in [-0.15, -0.1) is 11.3 Å². The highest BCUT2D eigenvalue weighted by atomic mass is 79.9. The van der Waals surface area contributed by atoms with Crippen LogP contribution in [0.2, 0.25) is 0 Å². The third-order valence-electron chi connectivity index (χ3n) is 3.44. The zero-order valence-electron chi connectivity index (χ0n) is 12.2. The minimum atomic E-state index is -3.52. The Balaban J connectivity index is 1.75. The fourth-order valence-corrected chi connectivity index (χ4v) is 5.38. The maximum Gasteiger partial charge on any atom is 0.250 e. The van der Waals surface area contributed by atoms with E-state index in [0.29, 0.717) is 17.4 Å². The minimum Gasteiger partial charge on any atom is -0.378 e. The van der Waals surface area contributed by atoms with Crippen LogP contribution in [0.15, 0.2) is 38.5 Å². The fraction of sp³-hybridized carbons (Fsp3) is 0.357. The Kier molecular flexibility index (Phi) is 5.32. The van der Waals surface area contributed by atoms with Crippen LogP contribution in [0.25, 0.3) is 0 Å². The van der Waals surface area contributed by atoms with Gasteiger partial charge in [0.1, 0.15) is 10.0 Å². The summed E-state index contributed by atoms with van der Waals surface area (Å²) in [4.78, 5) is 6.53. The van der Waals surface area contributed by atoms with E-state index >= 15 is 0 Å². The van der Waals surface area contributed by atoms with Crippen molar-refractivity contribution in [1.82, 2.24) is 9.71 Å². The van der Waals surface area contributed by atoms with Crippen molar-refractivity contribution in [1.29, 1.82) is 0 Å². The third kappa shape index (κ3) is 4.10. The Hall–Kier alpha value is -1.000. The maximum atomic E-state index is 12.3. The minimum absolute atomic E-state index is 0.207. The second-order valence-corrected chi connectivity index (χ2v) is 9.43. The van der Waals surface area contributed by atoms with Crippen LogP contribution in [-0.2, 0) is 21.3 Å². The van der Waals surface area contributed by atoms with Gasteiger partial charge >= 0.3 is 0 Å². The number of hydrogen-bond donors (Lipinski definition) is 1. The van der Waals surface area contributed by atoms with E-state index in [-0.39, 0.29) is 6.54 Å². The largest absolute Gasteiger partial charge is 0.378 e. The average Bonchev–Trinajstić information content (AvgIpc) is 3.02. The lowest BCUT2D eigenvalue weighted by Crippen LogP contribution is -2.37. The van der Waals surface area contributed by atoms with Gasteiger partial charge < -0.3 is 9.64 Å². The van der Waals surface area contributed by atoms with Crippen LogP contribution >= 0.6 is 27.3 Å². The van der Waals surface area contributed by atoms with E-state index in [1.165, 1.54) is 11.3 Å². The van der Waals surface area contributed by atoms with Crippen LogP contribution < -0.4 is 9.62 Å². The molecule has 0 aliphatic carbocycles. The summed E-state index contributed by atoms with van der Waals surface area (Å²) in [6.07, 6.45) is 1.72. The molecule has 1 aliphatic rings. The molecule has 0 atom stereocenters. The molecule has 1 fully saturated rings. The van der Waals surface area contributed by atoms with E-state index in [0.717, 1.165) is 28.3 Å². The van der Waals surface area contributed by atoms with Gasteiger partial charge in [-0.3, -0.25) is 0 Å². The van der Waals surface area contributed by atoms with Crippen molar-refractivity contribution in [2.24, 2.45) is 0 Å². The number of anilines is 1. The molecular formula is C14H16BrN3O3S2.